The standard InChI is InChI=1S/C7H11N3/c1-6-8-4-7(5-9-6)10(2)3/h4-5H,1-3H3. The van der Waals surface area contributed by atoms with Gasteiger partial charge in [0.15, 0.2) is 0 Å². The van der Waals surface area contributed by atoms with E-state index in [1.165, 1.54) is 0 Å². The fourth-order valence-corrected chi connectivity index (χ4v) is 0.617. The van der Waals surface area contributed by atoms with Crippen molar-refractivity contribution in [1.29, 1.82) is 0 Å². The minimum Gasteiger partial charge on any atom is -0.375 e. The number of nitrogens with zero attached hydrogens (tertiary/aromatic N) is 3. The summed E-state index contributed by atoms with van der Waals surface area (Å²) in [4.78, 5) is 10.1. The SMILES string of the molecule is Cc1ncc(N(C)C)cn1. The molecule has 0 aliphatic rings. The van der Waals surface area contributed by atoms with Gasteiger partial charge in [0, 0.05) is 14.1 Å². The average molecular weight is 137 g/mol. The van der Waals surface area contributed by atoms with E-state index in [0.29, 0.717) is 0 Å². The lowest BCUT2D eigenvalue weighted by Gasteiger charge is -2.09. The predicted molar refractivity (Wildman–Crippen MR) is 41.1 cm³/mol. The highest BCUT2D eigenvalue weighted by Crippen LogP contribution is 2.04. The monoisotopic (exact) mass is 137 g/mol. The molecule has 1 aromatic heterocycles. The lowest BCUT2D eigenvalue weighted by Crippen LogP contribution is -2.09. The molecule has 0 atom stereocenters. The molecular formula is C7H11N3. The Hall–Kier alpha value is -1.12. The summed E-state index contributed by atoms with van der Waals surface area (Å²) in [5, 5.41) is 0. The van der Waals surface area contributed by atoms with Crippen LogP contribution in [-0.4, -0.2) is 24.1 Å². The molecule has 1 aromatic rings. The molecule has 0 saturated carbocycles. The summed E-state index contributed by atoms with van der Waals surface area (Å²) in [7, 11) is 3.93. The lowest BCUT2D eigenvalue weighted by molar-refractivity contribution is 1.01. The van der Waals surface area contributed by atoms with Gasteiger partial charge in [-0.25, -0.2) is 9.97 Å². The molecule has 10 heavy (non-hydrogen) atoms. The molecule has 0 radical (unpaired) electrons. The molecule has 0 amide bonds. The summed E-state index contributed by atoms with van der Waals surface area (Å²) < 4.78 is 0. The van der Waals surface area contributed by atoms with Crippen LogP contribution in [0.2, 0.25) is 0 Å². The van der Waals surface area contributed by atoms with E-state index >= 15 is 0 Å². The molecule has 1 heterocycles. The number of aromatic nitrogens is 2. The molecule has 0 aromatic carbocycles. The van der Waals surface area contributed by atoms with Crippen molar-refractivity contribution in [1.82, 2.24) is 9.97 Å². The Morgan fingerprint density at radius 1 is 1.20 bits per heavy atom. The first kappa shape index (κ1) is 6.99. The quantitative estimate of drug-likeness (QED) is 0.574. The zero-order valence-electron chi connectivity index (χ0n) is 6.50. The molecule has 0 aliphatic heterocycles. The first-order chi connectivity index (χ1) is 4.70. The predicted octanol–water partition coefficient (Wildman–Crippen LogP) is 0.851. The zero-order valence-corrected chi connectivity index (χ0v) is 6.50. The number of aryl methyl sites for hydroxylation is 1. The van der Waals surface area contributed by atoms with Gasteiger partial charge >= 0.3 is 0 Å². The van der Waals surface area contributed by atoms with Crippen molar-refractivity contribution >= 4 is 5.69 Å². The van der Waals surface area contributed by atoms with Crippen LogP contribution in [0.15, 0.2) is 12.4 Å². The Bertz CT molecular complexity index is 203. The van der Waals surface area contributed by atoms with Crippen molar-refractivity contribution in [2.75, 3.05) is 19.0 Å². The van der Waals surface area contributed by atoms with Crippen molar-refractivity contribution in [3.63, 3.8) is 0 Å². The first-order valence-electron chi connectivity index (χ1n) is 3.16. The van der Waals surface area contributed by atoms with Crippen LogP contribution >= 0.6 is 0 Å². The second-order valence-corrected chi connectivity index (χ2v) is 2.38. The molecule has 0 aliphatic carbocycles. The van der Waals surface area contributed by atoms with Gasteiger partial charge in [-0.2, -0.15) is 0 Å². The van der Waals surface area contributed by atoms with E-state index in [-0.39, 0.29) is 0 Å². The molecule has 0 spiro atoms. The molecule has 0 unspecified atom stereocenters. The smallest absolute Gasteiger partial charge is 0.125 e. The van der Waals surface area contributed by atoms with Gasteiger partial charge in [0.1, 0.15) is 5.82 Å². The largest absolute Gasteiger partial charge is 0.375 e. The van der Waals surface area contributed by atoms with E-state index in [4.69, 9.17) is 0 Å². The van der Waals surface area contributed by atoms with Gasteiger partial charge in [0.2, 0.25) is 0 Å². The van der Waals surface area contributed by atoms with E-state index in [1.54, 1.807) is 0 Å². The van der Waals surface area contributed by atoms with E-state index in [0.717, 1.165) is 11.5 Å². The van der Waals surface area contributed by atoms with Gasteiger partial charge < -0.3 is 4.90 Å². The maximum Gasteiger partial charge on any atom is 0.125 e. The van der Waals surface area contributed by atoms with Crippen LogP contribution in [0.5, 0.6) is 0 Å². The molecule has 0 fully saturated rings. The lowest BCUT2D eigenvalue weighted by atomic mass is 10.5. The molecule has 1 rings (SSSR count). The third kappa shape index (κ3) is 1.43. The maximum absolute atomic E-state index is 4.05. The van der Waals surface area contributed by atoms with Crippen molar-refractivity contribution in [2.45, 2.75) is 6.92 Å². The summed E-state index contributed by atoms with van der Waals surface area (Å²) in [6.07, 6.45) is 3.62. The second-order valence-electron chi connectivity index (χ2n) is 2.38. The molecule has 0 saturated heterocycles. The Kier molecular flexibility index (Phi) is 1.85. The fourth-order valence-electron chi connectivity index (χ4n) is 0.617. The van der Waals surface area contributed by atoms with E-state index in [1.807, 2.05) is 38.3 Å². The summed E-state index contributed by atoms with van der Waals surface area (Å²) in [6.45, 7) is 1.87. The molecule has 54 valence electrons. The minimum atomic E-state index is 0.811. The Morgan fingerprint density at radius 3 is 2.10 bits per heavy atom. The van der Waals surface area contributed by atoms with Crippen molar-refractivity contribution < 1.29 is 0 Å². The maximum atomic E-state index is 4.05. The van der Waals surface area contributed by atoms with Crippen molar-refractivity contribution in [3.8, 4) is 0 Å². The van der Waals surface area contributed by atoms with Gasteiger partial charge in [0.25, 0.3) is 0 Å². The number of anilines is 1. The van der Waals surface area contributed by atoms with Crippen LogP contribution in [0.3, 0.4) is 0 Å². The minimum absolute atomic E-state index is 0.811. The third-order valence-electron chi connectivity index (χ3n) is 1.28. The summed E-state index contributed by atoms with van der Waals surface area (Å²) in [6, 6.07) is 0. The van der Waals surface area contributed by atoms with E-state index < -0.39 is 0 Å². The van der Waals surface area contributed by atoms with Gasteiger partial charge in [-0.3, -0.25) is 0 Å². The fraction of sp³-hybridized carbons (Fsp3) is 0.429. The summed E-state index contributed by atoms with van der Waals surface area (Å²) in [5.41, 5.74) is 1.03. The normalized spacial score (nSPS) is 9.50. The molecule has 0 N–H and O–H groups in total. The topological polar surface area (TPSA) is 29.0 Å². The molecule has 3 nitrogen and oxygen atoms in total. The molecule has 3 heteroatoms. The Labute approximate surface area is 60.7 Å². The van der Waals surface area contributed by atoms with Gasteiger partial charge in [-0.1, -0.05) is 0 Å². The van der Waals surface area contributed by atoms with Crippen LogP contribution in [0, 0.1) is 6.92 Å². The van der Waals surface area contributed by atoms with Gasteiger partial charge in [-0.05, 0) is 6.92 Å². The Balaban J connectivity index is 2.89. The third-order valence-corrected chi connectivity index (χ3v) is 1.28. The zero-order chi connectivity index (χ0) is 7.56. The van der Waals surface area contributed by atoms with Crippen molar-refractivity contribution in [3.05, 3.63) is 18.2 Å². The number of hydrogen-bond acceptors (Lipinski definition) is 3. The van der Waals surface area contributed by atoms with E-state index in [9.17, 15) is 0 Å². The number of rotatable bonds is 1. The second kappa shape index (κ2) is 2.64. The Morgan fingerprint density at radius 2 is 1.70 bits per heavy atom. The van der Waals surface area contributed by atoms with Crippen molar-refractivity contribution in [2.24, 2.45) is 0 Å². The van der Waals surface area contributed by atoms with Gasteiger partial charge in [-0.15, -0.1) is 0 Å². The van der Waals surface area contributed by atoms with Crippen LogP contribution in [0.1, 0.15) is 5.82 Å². The van der Waals surface area contributed by atoms with Crippen LogP contribution in [0.25, 0.3) is 0 Å². The van der Waals surface area contributed by atoms with Crippen LogP contribution in [0.4, 0.5) is 5.69 Å². The highest BCUT2D eigenvalue weighted by Gasteiger charge is 1.93. The summed E-state index contributed by atoms with van der Waals surface area (Å²) >= 11 is 0. The summed E-state index contributed by atoms with van der Waals surface area (Å²) in [5.74, 6) is 0.811. The first-order valence-corrected chi connectivity index (χ1v) is 3.16. The highest BCUT2D eigenvalue weighted by molar-refractivity contribution is 5.39. The van der Waals surface area contributed by atoms with Gasteiger partial charge in [0.05, 0.1) is 18.1 Å². The van der Waals surface area contributed by atoms with Crippen LogP contribution < -0.4 is 4.90 Å². The number of hydrogen-bond donors (Lipinski definition) is 0. The highest BCUT2D eigenvalue weighted by atomic mass is 15.1. The average Bonchev–Trinajstić information content (AvgIpc) is 1.88. The van der Waals surface area contributed by atoms with Crippen LogP contribution in [-0.2, 0) is 0 Å². The van der Waals surface area contributed by atoms with E-state index in [2.05, 4.69) is 9.97 Å². The molecular weight excluding hydrogens is 126 g/mol. The molecule has 0 bridgehead atoms.